The average Bonchev–Trinajstić information content (AvgIpc) is 2.91. The molecule has 0 fully saturated rings. The topological polar surface area (TPSA) is 34.1 Å². The van der Waals surface area contributed by atoms with Crippen LogP contribution in [0.15, 0.2) is 18.2 Å². The van der Waals surface area contributed by atoms with Crippen LogP contribution in [0, 0.1) is 5.82 Å². The summed E-state index contributed by atoms with van der Waals surface area (Å²) in [4.78, 5) is 5.94. The summed E-state index contributed by atoms with van der Waals surface area (Å²) in [6.45, 7) is 6.10. The van der Waals surface area contributed by atoms with Crippen LogP contribution in [0.1, 0.15) is 30.8 Å². The molecule has 0 aliphatic heterocycles. The van der Waals surface area contributed by atoms with Gasteiger partial charge in [-0.15, -0.1) is 11.3 Å². The third-order valence-electron chi connectivity index (χ3n) is 3.22. The van der Waals surface area contributed by atoms with Crippen molar-refractivity contribution < 1.29 is 9.13 Å². The van der Waals surface area contributed by atoms with E-state index in [1.807, 2.05) is 0 Å². The number of aromatic nitrogens is 1. The van der Waals surface area contributed by atoms with Crippen LogP contribution in [0.4, 0.5) is 4.39 Å². The molecule has 0 aliphatic rings. The summed E-state index contributed by atoms with van der Waals surface area (Å²) >= 11 is 1.66. The van der Waals surface area contributed by atoms with Gasteiger partial charge in [0.15, 0.2) is 11.6 Å². The second kappa shape index (κ2) is 7.52. The van der Waals surface area contributed by atoms with Crippen molar-refractivity contribution in [2.45, 2.75) is 33.2 Å². The van der Waals surface area contributed by atoms with E-state index in [2.05, 4.69) is 24.1 Å². The van der Waals surface area contributed by atoms with Crippen molar-refractivity contribution in [1.82, 2.24) is 10.3 Å². The first kappa shape index (κ1) is 15.9. The van der Waals surface area contributed by atoms with Gasteiger partial charge in [0.2, 0.25) is 0 Å². The Bertz CT molecular complexity index is 598. The molecule has 0 atom stereocenters. The molecular formula is C16H21FN2OS. The van der Waals surface area contributed by atoms with Crippen LogP contribution in [0.3, 0.4) is 0 Å². The lowest BCUT2D eigenvalue weighted by atomic mass is 10.2. The van der Waals surface area contributed by atoms with Crippen LogP contribution in [0.2, 0.25) is 0 Å². The molecular weight excluding hydrogens is 287 g/mol. The first-order valence-corrected chi connectivity index (χ1v) is 8.04. The number of rotatable bonds is 7. The van der Waals surface area contributed by atoms with E-state index in [1.54, 1.807) is 23.5 Å². The predicted octanol–water partition coefficient (Wildman–Crippen LogP) is 4.02. The van der Waals surface area contributed by atoms with Gasteiger partial charge in [-0.1, -0.05) is 13.8 Å². The number of hydrogen-bond acceptors (Lipinski definition) is 4. The molecule has 5 heteroatoms. The van der Waals surface area contributed by atoms with Crippen molar-refractivity contribution in [2.24, 2.45) is 0 Å². The molecule has 0 saturated heterocycles. The van der Waals surface area contributed by atoms with Crippen LogP contribution < -0.4 is 10.1 Å². The summed E-state index contributed by atoms with van der Waals surface area (Å²) in [5, 5.41) is 4.32. The Morgan fingerprint density at radius 2 is 2.14 bits per heavy atom. The summed E-state index contributed by atoms with van der Waals surface area (Å²) in [7, 11) is 1.47. The SMILES string of the molecule is CCCNCc1sc(-c2ccc(F)c(OC)c2)nc1CC. The lowest BCUT2D eigenvalue weighted by Crippen LogP contribution is -2.13. The number of hydrogen-bond donors (Lipinski definition) is 1. The van der Waals surface area contributed by atoms with Crippen molar-refractivity contribution in [3.63, 3.8) is 0 Å². The largest absolute Gasteiger partial charge is 0.494 e. The third-order valence-corrected chi connectivity index (χ3v) is 4.37. The van der Waals surface area contributed by atoms with E-state index in [-0.39, 0.29) is 11.6 Å². The second-order valence-electron chi connectivity index (χ2n) is 4.77. The molecule has 2 rings (SSSR count). The highest BCUT2D eigenvalue weighted by molar-refractivity contribution is 7.15. The van der Waals surface area contributed by atoms with E-state index in [0.717, 1.165) is 42.2 Å². The number of thiazole rings is 1. The Morgan fingerprint density at radius 1 is 1.33 bits per heavy atom. The number of benzene rings is 1. The number of methoxy groups -OCH3 is 1. The molecule has 1 heterocycles. The van der Waals surface area contributed by atoms with Crippen molar-refractivity contribution in [3.8, 4) is 16.3 Å². The maximum absolute atomic E-state index is 13.5. The van der Waals surface area contributed by atoms with E-state index in [9.17, 15) is 4.39 Å². The van der Waals surface area contributed by atoms with Crippen molar-refractivity contribution in [2.75, 3.05) is 13.7 Å². The Balaban J connectivity index is 2.27. The van der Waals surface area contributed by atoms with Gasteiger partial charge >= 0.3 is 0 Å². The minimum Gasteiger partial charge on any atom is -0.494 e. The fourth-order valence-electron chi connectivity index (χ4n) is 2.09. The lowest BCUT2D eigenvalue weighted by Gasteiger charge is -2.03. The summed E-state index contributed by atoms with van der Waals surface area (Å²) in [5.41, 5.74) is 2.01. The molecule has 0 aliphatic carbocycles. The summed E-state index contributed by atoms with van der Waals surface area (Å²) < 4.78 is 18.5. The number of ether oxygens (including phenoxy) is 1. The molecule has 0 saturated carbocycles. The van der Waals surface area contributed by atoms with Gasteiger partial charge in [-0.3, -0.25) is 0 Å². The van der Waals surface area contributed by atoms with Crippen molar-refractivity contribution in [3.05, 3.63) is 34.6 Å². The Kier molecular flexibility index (Phi) is 5.70. The highest BCUT2D eigenvalue weighted by atomic mass is 32.1. The van der Waals surface area contributed by atoms with Crippen LogP contribution in [0.5, 0.6) is 5.75 Å². The minimum absolute atomic E-state index is 0.256. The number of nitrogens with one attached hydrogen (secondary N) is 1. The van der Waals surface area contributed by atoms with Gasteiger partial charge in [0.1, 0.15) is 5.01 Å². The maximum atomic E-state index is 13.5. The molecule has 1 aromatic carbocycles. The molecule has 1 N–H and O–H groups in total. The number of aryl methyl sites for hydroxylation is 1. The van der Waals surface area contributed by atoms with E-state index >= 15 is 0 Å². The fourth-order valence-corrected chi connectivity index (χ4v) is 3.21. The van der Waals surface area contributed by atoms with Crippen LogP contribution in [-0.2, 0) is 13.0 Å². The molecule has 0 amide bonds. The molecule has 21 heavy (non-hydrogen) atoms. The smallest absolute Gasteiger partial charge is 0.165 e. The van der Waals surface area contributed by atoms with E-state index in [1.165, 1.54) is 18.1 Å². The average molecular weight is 308 g/mol. The number of nitrogens with zero attached hydrogens (tertiary/aromatic N) is 1. The standard InChI is InChI=1S/C16H21FN2OS/c1-4-8-18-10-15-13(5-2)19-16(21-15)11-6-7-12(17)14(9-11)20-3/h6-7,9,18H,4-5,8,10H2,1-3H3. The Labute approximate surface area is 129 Å². The van der Waals surface area contributed by atoms with E-state index < -0.39 is 0 Å². The normalized spacial score (nSPS) is 10.9. The lowest BCUT2D eigenvalue weighted by molar-refractivity contribution is 0.387. The van der Waals surface area contributed by atoms with Crippen molar-refractivity contribution in [1.29, 1.82) is 0 Å². The molecule has 1 aromatic heterocycles. The van der Waals surface area contributed by atoms with Gasteiger partial charge in [-0.2, -0.15) is 0 Å². The third kappa shape index (κ3) is 3.80. The Hall–Kier alpha value is -1.46. The number of halogens is 1. The van der Waals surface area contributed by atoms with Gasteiger partial charge in [0, 0.05) is 17.0 Å². The van der Waals surface area contributed by atoms with E-state index in [4.69, 9.17) is 4.74 Å². The maximum Gasteiger partial charge on any atom is 0.165 e. The first-order chi connectivity index (χ1) is 10.2. The first-order valence-electron chi connectivity index (χ1n) is 7.22. The quantitative estimate of drug-likeness (QED) is 0.784. The van der Waals surface area contributed by atoms with Gasteiger partial charge in [0.25, 0.3) is 0 Å². The molecule has 0 spiro atoms. The molecule has 2 aromatic rings. The monoisotopic (exact) mass is 308 g/mol. The van der Waals surface area contributed by atoms with Gasteiger partial charge in [-0.25, -0.2) is 9.37 Å². The highest BCUT2D eigenvalue weighted by Crippen LogP contribution is 2.31. The highest BCUT2D eigenvalue weighted by Gasteiger charge is 2.13. The van der Waals surface area contributed by atoms with Crippen molar-refractivity contribution >= 4 is 11.3 Å². The van der Waals surface area contributed by atoms with Crippen LogP contribution in [0.25, 0.3) is 10.6 Å². The summed E-state index contributed by atoms with van der Waals surface area (Å²) in [6.07, 6.45) is 2.01. The minimum atomic E-state index is -0.349. The molecule has 114 valence electrons. The molecule has 3 nitrogen and oxygen atoms in total. The second-order valence-corrected chi connectivity index (χ2v) is 5.85. The molecule has 0 unspecified atom stereocenters. The van der Waals surface area contributed by atoms with Crippen LogP contribution >= 0.6 is 11.3 Å². The molecule has 0 radical (unpaired) electrons. The van der Waals surface area contributed by atoms with Crippen LogP contribution in [-0.4, -0.2) is 18.6 Å². The summed E-state index contributed by atoms with van der Waals surface area (Å²) in [5.74, 6) is -0.0928. The zero-order valence-corrected chi connectivity index (χ0v) is 13.5. The van der Waals surface area contributed by atoms with Gasteiger partial charge < -0.3 is 10.1 Å². The zero-order chi connectivity index (χ0) is 15.2. The molecule has 0 bridgehead atoms. The van der Waals surface area contributed by atoms with Gasteiger partial charge in [0.05, 0.1) is 12.8 Å². The fraction of sp³-hybridized carbons (Fsp3) is 0.438. The zero-order valence-electron chi connectivity index (χ0n) is 12.7. The predicted molar refractivity (Wildman–Crippen MR) is 85.4 cm³/mol. The van der Waals surface area contributed by atoms with E-state index in [0.29, 0.717) is 0 Å². The van der Waals surface area contributed by atoms with Gasteiger partial charge in [-0.05, 0) is 37.6 Å². The summed E-state index contributed by atoms with van der Waals surface area (Å²) in [6, 6.07) is 4.88. The Morgan fingerprint density at radius 3 is 2.81 bits per heavy atom.